The molecule has 9 nitrogen and oxygen atoms in total. The van der Waals surface area contributed by atoms with Crippen molar-refractivity contribution in [1.82, 2.24) is 4.57 Å². The number of ether oxygens (including phenoxy) is 2. The van der Waals surface area contributed by atoms with Gasteiger partial charge in [0.1, 0.15) is 23.3 Å². The van der Waals surface area contributed by atoms with Crippen LogP contribution in [-0.2, 0) is 9.53 Å². The summed E-state index contributed by atoms with van der Waals surface area (Å²) in [7, 11) is 1.35. The SMILES string of the molecule is CCOC(=O)C1=C(C(F)(F)F)N=c2s/c(=C\c3ccc(-c4cc(C(=O)O)ccc4C)o3)c(=O)n2[C@@H]1c1c(OC)ccc2ccccc12. The van der Waals surface area contributed by atoms with Crippen LogP contribution in [0.15, 0.2) is 92.2 Å². The van der Waals surface area contributed by atoms with Crippen molar-refractivity contribution in [2.45, 2.75) is 26.1 Å². The van der Waals surface area contributed by atoms with E-state index >= 15 is 0 Å². The van der Waals surface area contributed by atoms with Crippen molar-refractivity contribution in [2.24, 2.45) is 4.99 Å². The molecule has 3 heterocycles. The fourth-order valence-electron chi connectivity index (χ4n) is 5.57. The number of esters is 1. The Labute approximate surface area is 268 Å². The first-order valence-corrected chi connectivity index (χ1v) is 15.0. The predicted octanol–water partition coefficient (Wildman–Crippen LogP) is 5.77. The number of aromatic carboxylic acids is 1. The number of methoxy groups -OCH3 is 1. The van der Waals surface area contributed by atoms with Crippen LogP contribution in [0.5, 0.6) is 5.75 Å². The molecule has 0 spiro atoms. The number of hydrogen-bond acceptors (Lipinski definition) is 8. The van der Waals surface area contributed by atoms with E-state index < -0.39 is 41.0 Å². The Morgan fingerprint density at radius 3 is 2.57 bits per heavy atom. The van der Waals surface area contributed by atoms with Gasteiger partial charge in [0, 0.05) is 17.2 Å². The van der Waals surface area contributed by atoms with Crippen molar-refractivity contribution in [2.75, 3.05) is 13.7 Å². The summed E-state index contributed by atoms with van der Waals surface area (Å²) in [5, 5.41) is 10.5. The zero-order valence-corrected chi connectivity index (χ0v) is 25.9. The summed E-state index contributed by atoms with van der Waals surface area (Å²) in [6.45, 7) is 3.03. The number of hydrogen-bond donors (Lipinski definition) is 1. The average Bonchev–Trinajstić information content (AvgIpc) is 3.63. The van der Waals surface area contributed by atoms with Crippen LogP contribution in [0.2, 0.25) is 0 Å². The van der Waals surface area contributed by atoms with Crippen molar-refractivity contribution >= 4 is 40.1 Å². The largest absolute Gasteiger partial charge is 0.496 e. The Morgan fingerprint density at radius 2 is 1.87 bits per heavy atom. The van der Waals surface area contributed by atoms with Gasteiger partial charge in [-0.05, 0) is 60.5 Å². The molecule has 6 rings (SSSR count). The van der Waals surface area contributed by atoms with Gasteiger partial charge in [-0.15, -0.1) is 0 Å². The maximum atomic E-state index is 14.7. The van der Waals surface area contributed by atoms with Gasteiger partial charge in [0.2, 0.25) is 0 Å². The van der Waals surface area contributed by atoms with Crippen LogP contribution < -0.4 is 19.6 Å². The molecule has 1 aliphatic heterocycles. The second kappa shape index (κ2) is 12.1. The summed E-state index contributed by atoms with van der Waals surface area (Å²) in [6.07, 6.45) is -3.71. The predicted molar refractivity (Wildman–Crippen MR) is 167 cm³/mol. The van der Waals surface area contributed by atoms with Gasteiger partial charge in [-0.3, -0.25) is 9.36 Å². The third-order valence-corrected chi connectivity index (χ3v) is 8.65. The molecule has 0 radical (unpaired) electrons. The van der Waals surface area contributed by atoms with E-state index in [2.05, 4.69) is 4.99 Å². The minimum Gasteiger partial charge on any atom is -0.496 e. The molecule has 47 heavy (non-hydrogen) atoms. The summed E-state index contributed by atoms with van der Waals surface area (Å²) >= 11 is 0.699. The molecule has 5 aromatic rings. The van der Waals surface area contributed by atoms with Crippen molar-refractivity contribution in [3.05, 3.63) is 120 Å². The fourth-order valence-corrected chi connectivity index (χ4v) is 6.56. The summed E-state index contributed by atoms with van der Waals surface area (Å²) in [6, 6.07) is 16.3. The van der Waals surface area contributed by atoms with Crippen LogP contribution in [0.4, 0.5) is 13.2 Å². The molecule has 0 fully saturated rings. The molecule has 0 amide bonds. The highest BCUT2D eigenvalue weighted by Crippen LogP contribution is 2.43. The number of rotatable bonds is 7. The normalized spacial score (nSPS) is 15.0. The van der Waals surface area contributed by atoms with E-state index in [1.807, 2.05) is 0 Å². The minimum absolute atomic E-state index is 0.0171. The summed E-state index contributed by atoms with van der Waals surface area (Å²) in [5.41, 5.74) is -1.57. The zero-order valence-electron chi connectivity index (χ0n) is 25.0. The zero-order chi connectivity index (χ0) is 33.6. The number of carbonyl (C=O) groups excluding carboxylic acids is 1. The molecule has 0 aliphatic carbocycles. The second-order valence-electron chi connectivity index (χ2n) is 10.5. The smallest absolute Gasteiger partial charge is 0.434 e. The number of nitrogens with zero attached hydrogens (tertiary/aromatic N) is 2. The van der Waals surface area contributed by atoms with Crippen molar-refractivity contribution in [1.29, 1.82) is 0 Å². The maximum Gasteiger partial charge on any atom is 0.434 e. The molecule has 2 aromatic heterocycles. The highest BCUT2D eigenvalue weighted by atomic mass is 32.1. The van der Waals surface area contributed by atoms with Crippen LogP contribution in [-0.4, -0.2) is 41.5 Å². The van der Waals surface area contributed by atoms with Gasteiger partial charge >= 0.3 is 18.1 Å². The lowest BCUT2D eigenvalue weighted by atomic mass is 9.90. The number of alkyl halides is 3. The molecule has 13 heteroatoms. The molecule has 1 aliphatic rings. The Balaban J connectivity index is 1.61. The van der Waals surface area contributed by atoms with Crippen LogP contribution in [0.3, 0.4) is 0 Å². The third kappa shape index (κ3) is 5.63. The van der Waals surface area contributed by atoms with E-state index in [9.17, 15) is 32.7 Å². The quantitative estimate of drug-likeness (QED) is 0.220. The standard InChI is InChI=1S/C34H25F3N2O7S/c1-4-45-32(43)27-28(26-21-8-6-5-7-18(21)11-13-24(26)44-3)39-30(40)25(47-33(39)38-29(27)34(35,36)37)16-20-12-14-23(46-20)22-15-19(31(41)42)10-9-17(22)2/h5-16,28H,4H2,1-3H3,(H,41,42)/b25-16-/t28-/m1/s1. The van der Waals surface area contributed by atoms with Gasteiger partial charge in [-0.1, -0.05) is 47.7 Å². The van der Waals surface area contributed by atoms with Crippen LogP contribution >= 0.6 is 11.3 Å². The Morgan fingerprint density at radius 1 is 1.11 bits per heavy atom. The van der Waals surface area contributed by atoms with E-state index in [0.29, 0.717) is 33.4 Å². The van der Waals surface area contributed by atoms with E-state index in [-0.39, 0.29) is 38.6 Å². The molecule has 3 aromatic carbocycles. The first-order valence-electron chi connectivity index (χ1n) is 14.2. The lowest BCUT2D eigenvalue weighted by Gasteiger charge is -2.28. The van der Waals surface area contributed by atoms with Crippen molar-refractivity contribution in [3.63, 3.8) is 0 Å². The van der Waals surface area contributed by atoms with Gasteiger partial charge in [-0.25, -0.2) is 14.6 Å². The van der Waals surface area contributed by atoms with Crippen LogP contribution in [0.1, 0.15) is 40.2 Å². The van der Waals surface area contributed by atoms with Gasteiger partial charge in [0.25, 0.3) is 5.56 Å². The molecule has 240 valence electrons. The van der Waals surface area contributed by atoms with Crippen molar-refractivity contribution in [3.8, 4) is 17.1 Å². The summed E-state index contributed by atoms with van der Waals surface area (Å²) in [5.74, 6) is -1.72. The maximum absolute atomic E-state index is 14.7. The van der Waals surface area contributed by atoms with E-state index in [1.54, 1.807) is 61.5 Å². The topological polar surface area (TPSA) is 120 Å². The summed E-state index contributed by atoms with van der Waals surface area (Å²) in [4.78, 5) is 42.6. The second-order valence-corrected chi connectivity index (χ2v) is 11.5. The number of aryl methyl sites for hydroxylation is 1. The van der Waals surface area contributed by atoms with Crippen LogP contribution in [0.25, 0.3) is 28.2 Å². The van der Waals surface area contributed by atoms with Crippen molar-refractivity contribution < 1.29 is 41.8 Å². The molecular weight excluding hydrogens is 637 g/mol. The number of carbonyl (C=O) groups is 2. The molecule has 1 atom stereocenters. The highest BCUT2D eigenvalue weighted by molar-refractivity contribution is 7.07. The average molecular weight is 663 g/mol. The number of fused-ring (bicyclic) bond motifs is 2. The Kier molecular flexibility index (Phi) is 8.10. The highest BCUT2D eigenvalue weighted by Gasteiger charge is 2.46. The molecule has 0 bridgehead atoms. The molecule has 1 N–H and O–H groups in total. The van der Waals surface area contributed by atoms with Gasteiger partial charge < -0.3 is 19.0 Å². The molecule has 0 unspecified atom stereocenters. The minimum atomic E-state index is -5.08. The van der Waals surface area contributed by atoms with E-state index in [4.69, 9.17) is 13.9 Å². The summed E-state index contributed by atoms with van der Waals surface area (Å²) < 4.78 is 61.7. The number of aromatic nitrogens is 1. The molecule has 0 saturated heterocycles. The lowest BCUT2D eigenvalue weighted by Crippen LogP contribution is -2.41. The fraction of sp³-hybridized carbons (Fsp3) is 0.176. The van der Waals surface area contributed by atoms with Gasteiger partial charge in [-0.2, -0.15) is 13.2 Å². The number of allylic oxidation sites excluding steroid dienone is 1. The van der Waals surface area contributed by atoms with Crippen LogP contribution in [0, 0.1) is 6.92 Å². The number of furan rings is 1. The molecular formula is C34H25F3N2O7S. The number of thiazole rings is 1. The first-order chi connectivity index (χ1) is 22.4. The van der Waals surface area contributed by atoms with E-state index in [1.165, 1.54) is 32.2 Å². The monoisotopic (exact) mass is 662 g/mol. The number of benzene rings is 3. The Hall–Kier alpha value is -5.43. The van der Waals surface area contributed by atoms with Gasteiger partial charge in [0.15, 0.2) is 10.5 Å². The lowest BCUT2D eigenvalue weighted by molar-refractivity contribution is -0.140. The third-order valence-electron chi connectivity index (χ3n) is 7.67. The number of carboxylic acids is 1. The number of carboxylic acid groups (broad SMARTS) is 1. The van der Waals surface area contributed by atoms with E-state index in [0.717, 1.165) is 10.1 Å². The Bertz CT molecular complexity index is 2300. The first kappa shape index (κ1) is 31.5. The number of halogens is 3. The van der Waals surface area contributed by atoms with Gasteiger partial charge in [0.05, 0.1) is 29.4 Å². The molecule has 0 saturated carbocycles.